The molecular formula is C11H10ClN3O2. The second-order valence-corrected chi connectivity index (χ2v) is 3.78. The van der Waals surface area contributed by atoms with Crippen molar-refractivity contribution in [2.24, 2.45) is 0 Å². The van der Waals surface area contributed by atoms with E-state index in [1.54, 1.807) is 31.3 Å². The summed E-state index contributed by atoms with van der Waals surface area (Å²) in [6.45, 7) is 2.01. The summed E-state index contributed by atoms with van der Waals surface area (Å²) >= 11 is 5.69. The number of amides is 1. The van der Waals surface area contributed by atoms with Gasteiger partial charge in [-0.05, 0) is 19.1 Å². The molecule has 0 saturated heterocycles. The van der Waals surface area contributed by atoms with Crippen LogP contribution in [-0.2, 0) is 6.54 Å². The molecule has 0 aromatic carbocycles. The first kappa shape index (κ1) is 11.6. The van der Waals surface area contributed by atoms with E-state index in [-0.39, 0.29) is 23.3 Å². The summed E-state index contributed by atoms with van der Waals surface area (Å²) in [5.74, 6) is 0.844. The number of halogens is 1. The van der Waals surface area contributed by atoms with Crippen molar-refractivity contribution in [2.45, 2.75) is 13.5 Å². The number of aryl methyl sites for hydroxylation is 1. The van der Waals surface area contributed by atoms with Crippen molar-refractivity contribution in [1.29, 1.82) is 0 Å². The van der Waals surface area contributed by atoms with Gasteiger partial charge in [0.05, 0.1) is 12.7 Å². The Labute approximate surface area is 103 Å². The number of oxazole rings is 1. The first-order chi connectivity index (χ1) is 8.15. The van der Waals surface area contributed by atoms with E-state index in [4.69, 9.17) is 16.0 Å². The molecule has 0 bridgehead atoms. The molecule has 0 aliphatic heterocycles. The molecule has 0 spiro atoms. The fraction of sp³-hybridized carbons (Fsp3) is 0.182. The number of aromatic nitrogens is 2. The number of hydrogen-bond donors (Lipinski definition) is 1. The van der Waals surface area contributed by atoms with Gasteiger partial charge in [-0.25, -0.2) is 9.97 Å². The van der Waals surface area contributed by atoms with E-state index in [1.807, 2.05) is 0 Å². The summed E-state index contributed by atoms with van der Waals surface area (Å²) in [6, 6.07) is 4.86. The van der Waals surface area contributed by atoms with Crippen molar-refractivity contribution < 1.29 is 9.21 Å². The SMILES string of the molecule is Cc1cnc(CNC(=O)c2cccc(Cl)n2)o1. The molecule has 0 saturated carbocycles. The minimum absolute atomic E-state index is 0.223. The van der Waals surface area contributed by atoms with Gasteiger partial charge in [-0.1, -0.05) is 17.7 Å². The van der Waals surface area contributed by atoms with Crippen molar-refractivity contribution in [3.63, 3.8) is 0 Å². The maximum atomic E-state index is 11.7. The van der Waals surface area contributed by atoms with Gasteiger partial charge in [-0.3, -0.25) is 4.79 Å². The van der Waals surface area contributed by atoms with E-state index in [0.29, 0.717) is 11.7 Å². The van der Waals surface area contributed by atoms with Gasteiger partial charge in [0.25, 0.3) is 5.91 Å². The average molecular weight is 252 g/mol. The number of carbonyl (C=O) groups excluding carboxylic acids is 1. The highest BCUT2D eigenvalue weighted by atomic mass is 35.5. The second kappa shape index (κ2) is 4.97. The summed E-state index contributed by atoms with van der Waals surface area (Å²) in [5, 5.41) is 2.92. The fourth-order valence-electron chi connectivity index (χ4n) is 1.26. The van der Waals surface area contributed by atoms with Gasteiger partial charge in [0.1, 0.15) is 16.6 Å². The molecule has 1 amide bonds. The minimum Gasteiger partial charge on any atom is -0.444 e. The molecule has 2 heterocycles. The molecular weight excluding hydrogens is 242 g/mol. The minimum atomic E-state index is -0.316. The molecule has 6 heteroatoms. The van der Waals surface area contributed by atoms with E-state index >= 15 is 0 Å². The summed E-state index contributed by atoms with van der Waals surface area (Å²) in [4.78, 5) is 19.5. The predicted octanol–water partition coefficient (Wildman–Crippen LogP) is 1.96. The molecule has 5 nitrogen and oxygen atoms in total. The lowest BCUT2D eigenvalue weighted by molar-refractivity contribution is 0.0942. The van der Waals surface area contributed by atoms with Crippen LogP contribution in [-0.4, -0.2) is 15.9 Å². The van der Waals surface area contributed by atoms with Crippen molar-refractivity contribution in [2.75, 3.05) is 0 Å². The number of rotatable bonds is 3. The number of hydrogen-bond acceptors (Lipinski definition) is 4. The quantitative estimate of drug-likeness (QED) is 0.847. The van der Waals surface area contributed by atoms with Crippen LogP contribution in [0.3, 0.4) is 0 Å². The Morgan fingerprint density at radius 2 is 2.35 bits per heavy atom. The Balaban J connectivity index is 1.98. The third-order valence-electron chi connectivity index (χ3n) is 2.02. The van der Waals surface area contributed by atoms with E-state index in [1.165, 1.54) is 0 Å². The molecule has 0 atom stereocenters. The monoisotopic (exact) mass is 251 g/mol. The Bertz CT molecular complexity index is 539. The van der Waals surface area contributed by atoms with Gasteiger partial charge in [0.2, 0.25) is 5.89 Å². The lowest BCUT2D eigenvalue weighted by Crippen LogP contribution is -2.23. The van der Waals surface area contributed by atoms with Gasteiger partial charge < -0.3 is 9.73 Å². The molecule has 2 aromatic rings. The zero-order valence-corrected chi connectivity index (χ0v) is 9.86. The number of carbonyl (C=O) groups is 1. The standard InChI is InChI=1S/C11H10ClN3O2/c1-7-5-13-10(17-7)6-14-11(16)8-3-2-4-9(12)15-8/h2-5H,6H2,1H3,(H,14,16). The van der Waals surface area contributed by atoms with Crippen LogP contribution in [0, 0.1) is 6.92 Å². The van der Waals surface area contributed by atoms with Crippen LogP contribution < -0.4 is 5.32 Å². The topological polar surface area (TPSA) is 68.0 Å². The van der Waals surface area contributed by atoms with Gasteiger partial charge in [0, 0.05) is 0 Å². The fourth-order valence-corrected chi connectivity index (χ4v) is 1.43. The van der Waals surface area contributed by atoms with E-state index in [0.717, 1.165) is 0 Å². The molecule has 2 rings (SSSR count). The van der Waals surface area contributed by atoms with E-state index in [9.17, 15) is 4.79 Å². The first-order valence-corrected chi connectivity index (χ1v) is 5.35. The highest BCUT2D eigenvalue weighted by Gasteiger charge is 2.08. The van der Waals surface area contributed by atoms with Crippen molar-refractivity contribution >= 4 is 17.5 Å². The maximum absolute atomic E-state index is 11.7. The molecule has 0 aliphatic rings. The summed E-state index contributed by atoms with van der Waals surface area (Å²) in [6.07, 6.45) is 1.60. The summed E-state index contributed by atoms with van der Waals surface area (Å²) in [7, 11) is 0. The van der Waals surface area contributed by atoms with Crippen LogP contribution in [0.25, 0.3) is 0 Å². The van der Waals surface area contributed by atoms with E-state index < -0.39 is 0 Å². The number of pyridine rings is 1. The smallest absolute Gasteiger partial charge is 0.270 e. The third kappa shape index (κ3) is 3.04. The summed E-state index contributed by atoms with van der Waals surface area (Å²) in [5.41, 5.74) is 0.265. The summed E-state index contributed by atoms with van der Waals surface area (Å²) < 4.78 is 5.22. The second-order valence-electron chi connectivity index (χ2n) is 3.39. The molecule has 0 fully saturated rings. The molecule has 88 valence electrons. The van der Waals surface area contributed by atoms with Crippen LogP contribution >= 0.6 is 11.6 Å². The maximum Gasteiger partial charge on any atom is 0.270 e. The van der Waals surface area contributed by atoms with Crippen LogP contribution in [0.4, 0.5) is 0 Å². The van der Waals surface area contributed by atoms with Crippen LogP contribution in [0.15, 0.2) is 28.8 Å². The van der Waals surface area contributed by atoms with Crippen molar-refractivity contribution in [3.05, 3.63) is 46.9 Å². The third-order valence-corrected chi connectivity index (χ3v) is 2.23. The molecule has 0 aliphatic carbocycles. The van der Waals surface area contributed by atoms with Gasteiger partial charge in [0.15, 0.2) is 0 Å². The van der Waals surface area contributed by atoms with Gasteiger partial charge in [-0.2, -0.15) is 0 Å². The Morgan fingerprint density at radius 1 is 1.53 bits per heavy atom. The molecule has 0 unspecified atom stereocenters. The zero-order chi connectivity index (χ0) is 12.3. The lowest BCUT2D eigenvalue weighted by atomic mass is 10.3. The number of nitrogens with zero attached hydrogens (tertiary/aromatic N) is 2. The molecule has 2 aromatic heterocycles. The normalized spacial score (nSPS) is 10.2. The van der Waals surface area contributed by atoms with Crippen LogP contribution in [0.2, 0.25) is 5.15 Å². The van der Waals surface area contributed by atoms with Crippen molar-refractivity contribution in [1.82, 2.24) is 15.3 Å². The van der Waals surface area contributed by atoms with Crippen LogP contribution in [0.5, 0.6) is 0 Å². The molecule has 1 N–H and O–H groups in total. The number of nitrogens with one attached hydrogen (secondary N) is 1. The lowest BCUT2D eigenvalue weighted by Gasteiger charge is -2.01. The molecule has 0 radical (unpaired) electrons. The predicted molar refractivity (Wildman–Crippen MR) is 61.7 cm³/mol. The Hall–Kier alpha value is -1.88. The van der Waals surface area contributed by atoms with Crippen molar-refractivity contribution in [3.8, 4) is 0 Å². The zero-order valence-electron chi connectivity index (χ0n) is 9.11. The highest BCUT2D eigenvalue weighted by Crippen LogP contribution is 2.05. The largest absolute Gasteiger partial charge is 0.444 e. The Kier molecular flexibility index (Phi) is 3.39. The first-order valence-electron chi connectivity index (χ1n) is 4.97. The highest BCUT2D eigenvalue weighted by molar-refractivity contribution is 6.29. The van der Waals surface area contributed by atoms with Gasteiger partial charge in [-0.15, -0.1) is 0 Å². The molecule has 17 heavy (non-hydrogen) atoms. The average Bonchev–Trinajstić information content (AvgIpc) is 2.72. The van der Waals surface area contributed by atoms with Crippen LogP contribution in [0.1, 0.15) is 22.1 Å². The van der Waals surface area contributed by atoms with E-state index in [2.05, 4.69) is 15.3 Å². The van der Waals surface area contributed by atoms with Gasteiger partial charge >= 0.3 is 0 Å². The Morgan fingerprint density at radius 3 is 3.00 bits per heavy atom.